The molecule has 0 N–H and O–H groups in total. The summed E-state index contributed by atoms with van der Waals surface area (Å²) >= 11 is -2.62. The van der Waals surface area contributed by atoms with E-state index >= 15 is 0 Å². The summed E-state index contributed by atoms with van der Waals surface area (Å²) in [4.78, 5) is 12.9. The van der Waals surface area contributed by atoms with E-state index in [4.69, 9.17) is 11.3 Å². The third kappa shape index (κ3) is 8.35. The first kappa shape index (κ1) is 30.4. The van der Waals surface area contributed by atoms with Crippen LogP contribution in [0.15, 0.2) is 52.3 Å². The van der Waals surface area contributed by atoms with Crippen molar-refractivity contribution in [3.05, 3.63) is 57.8 Å². The molecule has 0 bridgehead atoms. The molecule has 0 saturated heterocycles. The number of unbranched alkanes of at least 4 members (excludes halogenated alkanes) is 3. The standard InChI is InChI=1S/C19H25O2Si.3C4H9.Sn/c1-6-15-12-17(13-18(15)14(2)22(3,4)5)21-19(20)16-10-8-7-9-11-16;3*1-3-4-2;/h7-11,15,17-18H,1-2,12-13H2,3-5H3;3*1,3-4H2,2H3;/t15-,17?,18+;;;;/m1..../s1. The summed E-state index contributed by atoms with van der Waals surface area (Å²) < 4.78 is 12.1. The summed E-state index contributed by atoms with van der Waals surface area (Å²) in [6, 6.07) is 9.46. The van der Waals surface area contributed by atoms with Gasteiger partial charge in [0.25, 0.3) is 0 Å². The predicted octanol–water partition coefficient (Wildman–Crippen LogP) is 9.62. The van der Waals surface area contributed by atoms with Crippen molar-refractivity contribution in [2.45, 2.75) is 111 Å². The van der Waals surface area contributed by atoms with E-state index < -0.39 is 26.5 Å². The van der Waals surface area contributed by atoms with Crippen molar-refractivity contribution in [1.29, 1.82) is 0 Å². The number of carbonyl (C=O) groups excluding carboxylic acids is 1. The van der Waals surface area contributed by atoms with Crippen LogP contribution in [0.4, 0.5) is 0 Å². The van der Waals surface area contributed by atoms with Crippen molar-refractivity contribution in [3.63, 3.8) is 0 Å². The van der Waals surface area contributed by atoms with Crippen molar-refractivity contribution in [2.75, 3.05) is 0 Å². The molecule has 1 aliphatic carbocycles. The van der Waals surface area contributed by atoms with E-state index in [2.05, 4.69) is 47.0 Å². The molecule has 35 heavy (non-hydrogen) atoms. The van der Waals surface area contributed by atoms with Gasteiger partial charge in [-0.25, -0.2) is 0 Å². The number of benzene rings is 1. The SMILES string of the molecule is C=C([C@@H]1CC(OC(=O)c2ccccc2)C[C@H]1[C](=C)[Sn]([CH2]CCC)([CH2]CCC)[CH2]CCC)[Si](C)(C)C. The Morgan fingerprint density at radius 1 is 0.886 bits per heavy atom. The molecule has 1 aromatic rings. The van der Waals surface area contributed by atoms with Crippen LogP contribution in [0.2, 0.25) is 33.0 Å². The first-order chi connectivity index (χ1) is 16.6. The Balaban J connectivity index is 2.37. The van der Waals surface area contributed by atoms with Gasteiger partial charge in [0.15, 0.2) is 0 Å². The Morgan fingerprint density at radius 2 is 1.37 bits per heavy atom. The topological polar surface area (TPSA) is 26.3 Å². The van der Waals surface area contributed by atoms with Crippen LogP contribution in [0, 0.1) is 11.8 Å². The fourth-order valence-corrected chi connectivity index (χ4v) is 24.3. The molecule has 0 heterocycles. The average molecular weight is 604 g/mol. The Kier molecular flexibility index (Phi) is 12.3. The molecule has 1 fully saturated rings. The fraction of sp³-hybridized carbons (Fsp3) is 0.645. The van der Waals surface area contributed by atoms with Crippen LogP contribution in [0.3, 0.4) is 0 Å². The molecule has 2 nitrogen and oxygen atoms in total. The van der Waals surface area contributed by atoms with Crippen molar-refractivity contribution in [1.82, 2.24) is 0 Å². The second-order valence-electron chi connectivity index (χ2n) is 12.0. The number of carbonyl (C=O) groups is 1. The van der Waals surface area contributed by atoms with Crippen molar-refractivity contribution >= 4 is 32.4 Å². The maximum absolute atomic E-state index is 12.9. The van der Waals surface area contributed by atoms with Crippen LogP contribution in [-0.4, -0.2) is 38.5 Å². The molecular weight excluding hydrogens is 551 g/mol. The van der Waals surface area contributed by atoms with Gasteiger partial charge in [-0.15, -0.1) is 0 Å². The summed E-state index contributed by atoms with van der Waals surface area (Å²) in [6.45, 7) is 23.9. The summed E-state index contributed by atoms with van der Waals surface area (Å²) in [7, 11) is -1.53. The molecule has 3 atom stereocenters. The van der Waals surface area contributed by atoms with Gasteiger partial charge in [0.2, 0.25) is 0 Å². The molecule has 4 heteroatoms. The van der Waals surface area contributed by atoms with E-state index in [1.807, 2.05) is 30.3 Å². The monoisotopic (exact) mass is 604 g/mol. The molecular formula is C31H52O2SiSn. The van der Waals surface area contributed by atoms with Crippen LogP contribution >= 0.6 is 0 Å². The molecule has 0 spiro atoms. The molecule has 1 saturated carbocycles. The first-order valence-corrected chi connectivity index (χ1v) is 25.2. The average Bonchev–Trinajstić information content (AvgIpc) is 3.26. The van der Waals surface area contributed by atoms with Crippen LogP contribution in [-0.2, 0) is 4.74 Å². The van der Waals surface area contributed by atoms with Crippen molar-refractivity contribution in [3.8, 4) is 0 Å². The van der Waals surface area contributed by atoms with Crippen LogP contribution < -0.4 is 0 Å². The normalized spacial score (nSPS) is 20.6. The van der Waals surface area contributed by atoms with Gasteiger partial charge in [-0.05, 0) is 0 Å². The molecule has 2 rings (SSSR count). The third-order valence-electron chi connectivity index (χ3n) is 8.37. The van der Waals surface area contributed by atoms with Crippen molar-refractivity contribution < 1.29 is 9.53 Å². The number of allylic oxidation sites excluding steroid dienone is 2. The molecule has 1 aliphatic rings. The summed E-state index contributed by atoms with van der Waals surface area (Å²) in [6.07, 6.45) is 9.70. The Labute approximate surface area is 221 Å². The van der Waals surface area contributed by atoms with Crippen LogP contribution in [0.5, 0.6) is 0 Å². The molecule has 0 radical (unpaired) electrons. The number of hydrogen-bond donors (Lipinski definition) is 0. The van der Waals surface area contributed by atoms with E-state index in [-0.39, 0.29) is 12.1 Å². The Bertz CT molecular complexity index is 804. The molecule has 0 aliphatic heterocycles. The maximum atomic E-state index is 12.9. The van der Waals surface area contributed by atoms with Crippen molar-refractivity contribution in [2.24, 2.45) is 11.8 Å². The molecule has 1 aromatic carbocycles. The first-order valence-electron chi connectivity index (χ1n) is 14.2. The minimum atomic E-state index is -2.62. The van der Waals surface area contributed by atoms with Gasteiger partial charge in [0.05, 0.1) is 0 Å². The Morgan fingerprint density at radius 3 is 1.83 bits per heavy atom. The van der Waals surface area contributed by atoms with Gasteiger partial charge in [-0.2, -0.15) is 0 Å². The number of rotatable bonds is 15. The number of hydrogen-bond acceptors (Lipinski definition) is 2. The van der Waals surface area contributed by atoms with E-state index in [0.717, 1.165) is 12.8 Å². The zero-order valence-corrected chi connectivity index (χ0v) is 27.5. The fourth-order valence-electron chi connectivity index (χ4n) is 6.00. The van der Waals surface area contributed by atoms with Gasteiger partial charge in [-0.1, -0.05) is 0 Å². The zero-order chi connectivity index (χ0) is 26.1. The number of esters is 1. The van der Waals surface area contributed by atoms with E-state index in [0.29, 0.717) is 17.4 Å². The summed E-state index contributed by atoms with van der Waals surface area (Å²) in [5.41, 5.74) is 0.651. The predicted molar refractivity (Wildman–Crippen MR) is 158 cm³/mol. The van der Waals surface area contributed by atoms with Gasteiger partial charge in [0.1, 0.15) is 0 Å². The molecule has 1 unspecified atom stereocenters. The quantitative estimate of drug-likeness (QED) is 0.147. The molecule has 0 amide bonds. The van der Waals surface area contributed by atoms with Crippen LogP contribution in [0.1, 0.15) is 82.5 Å². The van der Waals surface area contributed by atoms with E-state index in [9.17, 15) is 4.79 Å². The van der Waals surface area contributed by atoms with Gasteiger partial charge < -0.3 is 0 Å². The van der Waals surface area contributed by atoms with Gasteiger partial charge in [-0.3, -0.25) is 0 Å². The number of ether oxygens (including phenoxy) is 1. The van der Waals surface area contributed by atoms with E-state index in [1.54, 1.807) is 3.59 Å². The zero-order valence-electron chi connectivity index (χ0n) is 23.6. The summed E-state index contributed by atoms with van der Waals surface area (Å²) in [5.74, 6) is 0.685. The summed E-state index contributed by atoms with van der Waals surface area (Å²) in [5, 5.41) is 1.45. The Hall–Kier alpha value is -0.814. The third-order valence-corrected chi connectivity index (χ3v) is 26.8. The van der Waals surface area contributed by atoms with Crippen LogP contribution in [0.25, 0.3) is 0 Å². The molecule has 0 aromatic heterocycles. The minimum absolute atomic E-state index is 0.0323. The van der Waals surface area contributed by atoms with E-state index in [1.165, 1.54) is 57.0 Å². The molecule has 196 valence electrons. The second kappa shape index (κ2) is 14.2. The van der Waals surface area contributed by atoms with Gasteiger partial charge in [0, 0.05) is 0 Å². The van der Waals surface area contributed by atoms with Gasteiger partial charge >= 0.3 is 223 Å². The second-order valence-corrected chi connectivity index (χ2v) is 30.5.